The van der Waals surface area contributed by atoms with Gasteiger partial charge in [-0.2, -0.15) is 0 Å². The van der Waals surface area contributed by atoms with Gasteiger partial charge in [0.15, 0.2) is 9.84 Å². The molecule has 1 aromatic carbocycles. The van der Waals surface area contributed by atoms with Crippen LogP contribution in [0.2, 0.25) is 0 Å². The third-order valence-electron chi connectivity index (χ3n) is 2.41. The van der Waals surface area contributed by atoms with Crippen LogP contribution in [-0.2, 0) is 9.84 Å². The Kier molecular flexibility index (Phi) is 3.61. The van der Waals surface area contributed by atoms with Gasteiger partial charge in [-0.1, -0.05) is 18.2 Å². The molecule has 0 aliphatic rings. The Hall–Kier alpha value is -1.17. The molecule has 0 saturated heterocycles. The molecule has 1 heterocycles. The van der Waals surface area contributed by atoms with E-state index in [0.29, 0.717) is 4.90 Å². The van der Waals surface area contributed by atoms with E-state index in [4.69, 9.17) is 5.73 Å². The van der Waals surface area contributed by atoms with Crippen molar-refractivity contribution in [2.24, 2.45) is 5.73 Å². The molecule has 0 atom stereocenters. The Bertz CT molecular complexity index is 571. The van der Waals surface area contributed by atoms with Crippen LogP contribution in [0.4, 0.5) is 0 Å². The van der Waals surface area contributed by atoms with Crippen molar-refractivity contribution >= 4 is 21.2 Å². The molecule has 2 N–H and O–H groups in total. The summed E-state index contributed by atoms with van der Waals surface area (Å²) in [5.74, 6) is -0.00858. The van der Waals surface area contributed by atoms with Crippen molar-refractivity contribution in [1.29, 1.82) is 0 Å². The van der Waals surface area contributed by atoms with Crippen LogP contribution in [0.15, 0.2) is 46.7 Å². The molecular weight excluding hydrogens is 254 g/mol. The van der Waals surface area contributed by atoms with E-state index in [2.05, 4.69) is 0 Å². The van der Waals surface area contributed by atoms with Gasteiger partial charge in [0.25, 0.3) is 0 Å². The van der Waals surface area contributed by atoms with Crippen molar-refractivity contribution in [3.63, 3.8) is 0 Å². The second-order valence-electron chi connectivity index (χ2n) is 3.61. The van der Waals surface area contributed by atoms with E-state index in [-0.39, 0.29) is 12.3 Å². The molecule has 0 spiro atoms. The summed E-state index contributed by atoms with van der Waals surface area (Å²) < 4.78 is 23.5. The lowest BCUT2D eigenvalue weighted by molar-refractivity contribution is 0.596. The van der Waals surface area contributed by atoms with Crippen LogP contribution in [0.25, 0.3) is 10.4 Å². The van der Waals surface area contributed by atoms with E-state index in [1.807, 2.05) is 29.6 Å². The third kappa shape index (κ3) is 2.74. The fourth-order valence-electron chi connectivity index (χ4n) is 1.54. The van der Waals surface area contributed by atoms with Crippen LogP contribution in [0.1, 0.15) is 0 Å². The van der Waals surface area contributed by atoms with Crippen LogP contribution in [0.3, 0.4) is 0 Å². The Morgan fingerprint density at radius 3 is 2.35 bits per heavy atom. The fraction of sp³-hybridized carbons (Fsp3) is 0.167. The van der Waals surface area contributed by atoms with E-state index in [1.54, 1.807) is 23.5 Å². The van der Waals surface area contributed by atoms with Crippen molar-refractivity contribution in [1.82, 2.24) is 0 Å². The molecule has 90 valence electrons. The molecular formula is C12H13NO2S2. The second kappa shape index (κ2) is 5.00. The summed E-state index contributed by atoms with van der Waals surface area (Å²) in [6, 6.07) is 10.9. The summed E-state index contributed by atoms with van der Waals surface area (Å²) in [4.78, 5) is 1.47. The van der Waals surface area contributed by atoms with E-state index in [1.165, 1.54) is 0 Å². The maximum Gasteiger partial charge on any atom is 0.179 e. The highest BCUT2D eigenvalue weighted by Gasteiger charge is 2.12. The first-order valence-electron chi connectivity index (χ1n) is 5.20. The lowest BCUT2D eigenvalue weighted by atomic mass is 10.2. The van der Waals surface area contributed by atoms with Gasteiger partial charge in [0, 0.05) is 11.4 Å². The lowest BCUT2D eigenvalue weighted by Gasteiger charge is -2.03. The minimum atomic E-state index is -3.22. The van der Waals surface area contributed by atoms with Crippen LogP contribution in [0.5, 0.6) is 0 Å². The quantitative estimate of drug-likeness (QED) is 0.923. The monoisotopic (exact) mass is 267 g/mol. The Morgan fingerprint density at radius 2 is 1.82 bits per heavy atom. The molecule has 0 fully saturated rings. The number of nitrogens with two attached hydrogens (primary N) is 1. The number of hydrogen-bond acceptors (Lipinski definition) is 4. The highest BCUT2D eigenvalue weighted by atomic mass is 32.2. The number of hydrogen-bond donors (Lipinski definition) is 1. The molecule has 2 rings (SSSR count). The molecule has 0 aliphatic heterocycles. The number of thiophene rings is 1. The van der Waals surface area contributed by atoms with Gasteiger partial charge in [-0.25, -0.2) is 8.42 Å². The SMILES string of the molecule is NCCS(=O)(=O)c1ccc(-c2cccs2)cc1. The zero-order valence-corrected chi connectivity index (χ0v) is 10.8. The van der Waals surface area contributed by atoms with Gasteiger partial charge in [-0.05, 0) is 29.1 Å². The van der Waals surface area contributed by atoms with Gasteiger partial charge in [0.05, 0.1) is 10.6 Å². The Balaban J connectivity index is 2.31. The predicted octanol–water partition coefficient (Wildman–Crippen LogP) is 2.15. The highest BCUT2D eigenvalue weighted by Crippen LogP contribution is 2.25. The van der Waals surface area contributed by atoms with Gasteiger partial charge in [-0.3, -0.25) is 0 Å². The summed E-state index contributed by atoms with van der Waals surface area (Å²) in [5, 5.41) is 1.99. The van der Waals surface area contributed by atoms with E-state index in [9.17, 15) is 8.42 Å². The fourth-order valence-corrected chi connectivity index (χ4v) is 3.37. The Labute approximate surface area is 105 Å². The molecule has 1 aromatic heterocycles. The zero-order valence-electron chi connectivity index (χ0n) is 9.17. The van der Waals surface area contributed by atoms with Crippen molar-refractivity contribution in [3.8, 4) is 10.4 Å². The average molecular weight is 267 g/mol. The third-order valence-corrected chi connectivity index (χ3v) is 5.09. The summed E-state index contributed by atoms with van der Waals surface area (Å²) in [7, 11) is -3.22. The Morgan fingerprint density at radius 1 is 1.12 bits per heavy atom. The van der Waals surface area contributed by atoms with E-state index >= 15 is 0 Å². The van der Waals surface area contributed by atoms with Crippen LogP contribution in [0, 0.1) is 0 Å². The van der Waals surface area contributed by atoms with Crippen LogP contribution in [-0.4, -0.2) is 20.7 Å². The first-order chi connectivity index (χ1) is 8.13. The topological polar surface area (TPSA) is 60.2 Å². The zero-order chi connectivity index (χ0) is 12.3. The van der Waals surface area contributed by atoms with Gasteiger partial charge >= 0.3 is 0 Å². The summed E-state index contributed by atoms with van der Waals surface area (Å²) in [5.41, 5.74) is 6.32. The maximum absolute atomic E-state index is 11.8. The summed E-state index contributed by atoms with van der Waals surface area (Å²) >= 11 is 1.63. The van der Waals surface area contributed by atoms with Gasteiger partial charge in [-0.15, -0.1) is 11.3 Å². The largest absolute Gasteiger partial charge is 0.329 e. The molecule has 0 unspecified atom stereocenters. The second-order valence-corrected chi connectivity index (χ2v) is 6.67. The highest BCUT2D eigenvalue weighted by molar-refractivity contribution is 7.91. The smallest absolute Gasteiger partial charge is 0.179 e. The van der Waals surface area contributed by atoms with E-state index < -0.39 is 9.84 Å². The summed E-state index contributed by atoms with van der Waals surface area (Å²) in [6.07, 6.45) is 0. The van der Waals surface area contributed by atoms with Crippen molar-refractivity contribution in [2.45, 2.75) is 4.90 Å². The first-order valence-corrected chi connectivity index (χ1v) is 7.73. The summed E-state index contributed by atoms with van der Waals surface area (Å²) in [6.45, 7) is 0.148. The van der Waals surface area contributed by atoms with E-state index in [0.717, 1.165) is 10.4 Å². The molecule has 0 radical (unpaired) electrons. The van der Waals surface area contributed by atoms with Crippen LogP contribution < -0.4 is 5.73 Å². The maximum atomic E-state index is 11.8. The molecule has 5 heteroatoms. The number of sulfone groups is 1. The molecule has 2 aromatic rings. The van der Waals surface area contributed by atoms with Crippen LogP contribution >= 0.6 is 11.3 Å². The van der Waals surface area contributed by atoms with Crippen molar-refractivity contribution in [3.05, 3.63) is 41.8 Å². The van der Waals surface area contributed by atoms with Crippen molar-refractivity contribution < 1.29 is 8.42 Å². The van der Waals surface area contributed by atoms with Gasteiger partial charge in [0.1, 0.15) is 0 Å². The predicted molar refractivity (Wildman–Crippen MR) is 70.9 cm³/mol. The minimum absolute atomic E-state index is 0.00858. The van der Waals surface area contributed by atoms with Gasteiger partial charge in [0.2, 0.25) is 0 Å². The normalized spacial score (nSPS) is 11.6. The number of rotatable bonds is 4. The molecule has 17 heavy (non-hydrogen) atoms. The standard InChI is InChI=1S/C12H13NO2S2/c13-7-9-17(14,15)11-5-3-10(4-6-11)12-2-1-8-16-12/h1-6,8H,7,9,13H2. The molecule has 0 aliphatic carbocycles. The molecule has 0 amide bonds. The lowest BCUT2D eigenvalue weighted by Crippen LogP contribution is -2.15. The minimum Gasteiger partial charge on any atom is -0.329 e. The average Bonchev–Trinajstić information content (AvgIpc) is 2.82. The van der Waals surface area contributed by atoms with Gasteiger partial charge < -0.3 is 5.73 Å². The van der Waals surface area contributed by atoms with Crippen molar-refractivity contribution in [2.75, 3.05) is 12.3 Å². The molecule has 0 saturated carbocycles. The molecule has 0 bridgehead atoms. The molecule has 3 nitrogen and oxygen atoms in total. The first kappa shape index (κ1) is 12.3. The number of benzene rings is 1.